The van der Waals surface area contributed by atoms with Crippen molar-refractivity contribution in [2.75, 3.05) is 18.8 Å². The first-order valence-electron chi connectivity index (χ1n) is 9.59. The van der Waals surface area contributed by atoms with Crippen LogP contribution in [0.1, 0.15) is 48.0 Å². The number of nitrogen functional groups attached to an aromatic ring is 1. The van der Waals surface area contributed by atoms with Crippen molar-refractivity contribution in [1.82, 2.24) is 10.2 Å². The average molecular weight is 402 g/mol. The van der Waals surface area contributed by atoms with Gasteiger partial charge in [-0.05, 0) is 37.0 Å². The van der Waals surface area contributed by atoms with Gasteiger partial charge in [-0.1, -0.05) is 49.4 Å². The minimum Gasteiger partial charge on any atom is -0.398 e. The van der Waals surface area contributed by atoms with E-state index in [2.05, 4.69) is 5.32 Å². The lowest BCUT2D eigenvalue weighted by atomic mass is 9.93. The Kier molecular flexibility index (Phi) is 7.88. The van der Waals surface area contributed by atoms with Crippen LogP contribution in [0.3, 0.4) is 0 Å². The lowest BCUT2D eigenvalue weighted by Crippen LogP contribution is -2.47. The third-order valence-electron chi connectivity index (χ3n) is 5.26. The molecule has 0 radical (unpaired) electrons. The monoisotopic (exact) mass is 401 g/mol. The zero-order valence-corrected chi connectivity index (χ0v) is 17.0. The number of likely N-dealkylation sites (tertiary alicyclic amines) is 1. The smallest absolute Gasteiger partial charge is 0.253 e. The number of piperidine rings is 1. The highest BCUT2D eigenvalue weighted by molar-refractivity contribution is 5.99. The number of nitrogens with one attached hydrogen (secondary N) is 1. The number of carbonyl (C=O) groups excluding carboxylic acids is 2. The van der Waals surface area contributed by atoms with Crippen LogP contribution in [0.2, 0.25) is 0 Å². The van der Waals surface area contributed by atoms with Gasteiger partial charge in [0.1, 0.15) is 0 Å². The fourth-order valence-electron chi connectivity index (χ4n) is 3.67. The molecule has 1 aliphatic rings. The number of carbonyl (C=O) groups is 2. The van der Waals surface area contributed by atoms with Crippen molar-refractivity contribution in [3.05, 3.63) is 65.7 Å². The molecule has 28 heavy (non-hydrogen) atoms. The number of hydrogen-bond acceptors (Lipinski definition) is 3. The van der Waals surface area contributed by atoms with Crippen molar-refractivity contribution in [3.8, 4) is 0 Å². The van der Waals surface area contributed by atoms with Gasteiger partial charge in [-0.25, -0.2) is 0 Å². The number of rotatable bonds is 5. The summed E-state index contributed by atoms with van der Waals surface area (Å²) in [5.74, 6) is -0.0594. The van der Waals surface area contributed by atoms with Gasteiger partial charge < -0.3 is 16.0 Å². The highest BCUT2D eigenvalue weighted by Gasteiger charge is 2.29. The Morgan fingerprint density at radius 3 is 2.29 bits per heavy atom. The highest BCUT2D eigenvalue weighted by Crippen LogP contribution is 2.24. The molecule has 2 aromatic rings. The molecule has 2 amide bonds. The summed E-state index contributed by atoms with van der Waals surface area (Å²) >= 11 is 0. The molecule has 3 rings (SSSR count). The van der Waals surface area contributed by atoms with Crippen LogP contribution in [0.25, 0.3) is 0 Å². The summed E-state index contributed by atoms with van der Waals surface area (Å²) in [6.45, 7) is 3.38. The van der Waals surface area contributed by atoms with Gasteiger partial charge in [0.05, 0.1) is 11.5 Å². The van der Waals surface area contributed by atoms with Gasteiger partial charge in [0, 0.05) is 24.8 Å². The zero-order chi connectivity index (χ0) is 19.2. The molecule has 0 aromatic heterocycles. The second-order valence-corrected chi connectivity index (χ2v) is 7.03. The minimum absolute atomic E-state index is 0. The van der Waals surface area contributed by atoms with Crippen LogP contribution in [0, 0.1) is 0 Å². The second kappa shape index (κ2) is 10.1. The van der Waals surface area contributed by atoms with Gasteiger partial charge >= 0.3 is 0 Å². The number of nitrogens with zero attached hydrogens (tertiary/aromatic N) is 1. The van der Waals surface area contributed by atoms with Crippen molar-refractivity contribution in [2.24, 2.45) is 0 Å². The van der Waals surface area contributed by atoms with E-state index in [9.17, 15) is 9.59 Å². The fourth-order valence-corrected chi connectivity index (χ4v) is 3.67. The lowest BCUT2D eigenvalue weighted by molar-refractivity contribution is -0.134. The third-order valence-corrected chi connectivity index (χ3v) is 5.26. The Labute approximate surface area is 172 Å². The van der Waals surface area contributed by atoms with Crippen LogP contribution < -0.4 is 11.1 Å². The van der Waals surface area contributed by atoms with E-state index in [1.165, 1.54) is 0 Å². The molecule has 6 heteroatoms. The first kappa shape index (κ1) is 21.8. The molecule has 0 saturated carbocycles. The number of halogens is 1. The topological polar surface area (TPSA) is 75.4 Å². The molecule has 1 saturated heterocycles. The van der Waals surface area contributed by atoms with Crippen molar-refractivity contribution in [3.63, 3.8) is 0 Å². The maximum Gasteiger partial charge on any atom is 0.253 e. The molecule has 150 valence electrons. The molecule has 1 fully saturated rings. The van der Waals surface area contributed by atoms with E-state index in [1.54, 1.807) is 18.2 Å². The standard InChI is InChI=1S/C22H27N3O2.ClH/c1-2-18(16-8-4-3-5-9-16)22(27)25-14-12-17(13-15-25)24-21(26)19-10-6-7-11-20(19)23;/h3-11,17-18H,2,12-15,23H2,1H3,(H,24,26);1H. The van der Waals surface area contributed by atoms with Crippen LogP contribution >= 0.6 is 12.4 Å². The number of para-hydroxylation sites is 1. The molecule has 1 aliphatic heterocycles. The summed E-state index contributed by atoms with van der Waals surface area (Å²) in [4.78, 5) is 27.3. The van der Waals surface area contributed by atoms with E-state index in [1.807, 2.05) is 48.2 Å². The van der Waals surface area contributed by atoms with Crippen LogP contribution in [-0.2, 0) is 4.79 Å². The summed E-state index contributed by atoms with van der Waals surface area (Å²) in [5.41, 5.74) is 7.94. The van der Waals surface area contributed by atoms with E-state index in [-0.39, 0.29) is 36.2 Å². The zero-order valence-electron chi connectivity index (χ0n) is 16.1. The normalized spacial score (nSPS) is 15.4. The summed E-state index contributed by atoms with van der Waals surface area (Å²) in [7, 11) is 0. The van der Waals surface area contributed by atoms with E-state index in [0.717, 1.165) is 24.8 Å². The van der Waals surface area contributed by atoms with Crippen molar-refractivity contribution in [2.45, 2.75) is 38.1 Å². The molecular formula is C22H28ClN3O2. The molecule has 2 aromatic carbocycles. The first-order chi connectivity index (χ1) is 13.1. The van der Waals surface area contributed by atoms with Crippen LogP contribution in [0.4, 0.5) is 5.69 Å². The Hall–Kier alpha value is -2.53. The van der Waals surface area contributed by atoms with E-state index < -0.39 is 0 Å². The van der Waals surface area contributed by atoms with Gasteiger partial charge in [-0.15, -0.1) is 12.4 Å². The first-order valence-corrected chi connectivity index (χ1v) is 9.59. The number of amides is 2. The lowest BCUT2D eigenvalue weighted by Gasteiger charge is -2.34. The summed E-state index contributed by atoms with van der Waals surface area (Å²) in [6, 6.07) is 17.1. The number of benzene rings is 2. The number of nitrogens with two attached hydrogens (primary N) is 1. The van der Waals surface area contributed by atoms with Crippen molar-refractivity contribution in [1.29, 1.82) is 0 Å². The summed E-state index contributed by atoms with van der Waals surface area (Å²) in [5, 5.41) is 3.05. The maximum absolute atomic E-state index is 12.9. The second-order valence-electron chi connectivity index (χ2n) is 7.03. The molecule has 0 aliphatic carbocycles. The van der Waals surface area contributed by atoms with Crippen LogP contribution in [0.5, 0.6) is 0 Å². The third kappa shape index (κ3) is 5.04. The van der Waals surface area contributed by atoms with E-state index in [0.29, 0.717) is 24.3 Å². The Balaban J connectivity index is 0.00000280. The molecule has 0 bridgehead atoms. The molecule has 1 atom stereocenters. The minimum atomic E-state index is -0.145. The van der Waals surface area contributed by atoms with Gasteiger partial charge in [0.25, 0.3) is 5.91 Å². The SMILES string of the molecule is CCC(C(=O)N1CCC(NC(=O)c2ccccc2N)CC1)c1ccccc1.Cl. The van der Waals surface area contributed by atoms with E-state index >= 15 is 0 Å². The molecule has 1 unspecified atom stereocenters. The number of anilines is 1. The van der Waals surface area contributed by atoms with E-state index in [4.69, 9.17) is 5.73 Å². The summed E-state index contributed by atoms with van der Waals surface area (Å²) in [6.07, 6.45) is 2.30. The van der Waals surface area contributed by atoms with Gasteiger partial charge in [0.15, 0.2) is 0 Å². The Morgan fingerprint density at radius 2 is 1.68 bits per heavy atom. The Bertz CT molecular complexity index is 789. The maximum atomic E-state index is 12.9. The predicted octanol–water partition coefficient (Wildman–Crippen LogP) is 3.61. The van der Waals surface area contributed by atoms with Crippen LogP contribution in [0.15, 0.2) is 54.6 Å². The highest BCUT2D eigenvalue weighted by atomic mass is 35.5. The van der Waals surface area contributed by atoms with Crippen molar-refractivity contribution < 1.29 is 9.59 Å². The molecule has 1 heterocycles. The summed E-state index contributed by atoms with van der Waals surface area (Å²) < 4.78 is 0. The quantitative estimate of drug-likeness (QED) is 0.751. The molecule has 0 spiro atoms. The van der Waals surface area contributed by atoms with Crippen molar-refractivity contribution >= 4 is 29.9 Å². The molecule has 3 N–H and O–H groups in total. The predicted molar refractivity (Wildman–Crippen MR) is 115 cm³/mol. The Morgan fingerprint density at radius 1 is 1.07 bits per heavy atom. The van der Waals surface area contributed by atoms with Gasteiger partial charge in [-0.2, -0.15) is 0 Å². The molecule has 5 nitrogen and oxygen atoms in total. The van der Waals surface area contributed by atoms with Gasteiger partial charge in [-0.3, -0.25) is 9.59 Å². The largest absolute Gasteiger partial charge is 0.398 e. The fraction of sp³-hybridized carbons (Fsp3) is 0.364. The van der Waals surface area contributed by atoms with Crippen LogP contribution in [-0.4, -0.2) is 35.8 Å². The molecular weight excluding hydrogens is 374 g/mol. The number of hydrogen-bond donors (Lipinski definition) is 2. The van der Waals surface area contributed by atoms with Gasteiger partial charge in [0.2, 0.25) is 5.91 Å². The average Bonchev–Trinajstić information content (AvgIpc) is 2.70.